The molecule has 1 heterocycles. The van der Waals surface area contributed by atoms with Gasteiger partial charge in [-0.05, 0) is 0 Å². The Bertz CT molecular complexity index is 174. The minimum atomic E-state index is -1.15. The normalized spacial score (nSPS) is 23.5. The van der Waals surface area contributed by atoms with Gasteiger partial charge < -0.3 is 20.1 Å². The summed E-state index contributed by atoms with van der Waals surface area (Å²) in [5, 5.41) is 25.8. The maximum Gasteiger partial charge on any atom is 0.220 e. The van der Waals surface area contributed by atoms with E-state index in [4.69, 9.17) is 15.3 Å². The van der Waals surface area contributed by atoms with Crippen LogP contribution in [0, 0.1) is 0 Å². The molecule has 0 fully saturated rings. The van der Waals surface area contributed by atoms with Crippen LogP contribution < -0.4 is 0 Å². The van der Waals surface area contributed by atoms with E-state index in [0.29, 0.717) is 0 Å². The first-order valence-electron chi connectivity index (χ1n) is 2.34. The Hall–Kier alpha value is -0.870. The predicted molar refractivity (Wildman–Crippen MR) is 35.8 cm³/mol. The quantitative estimate of drug-likeness (QED) is 0.493. The number of hydrogen-bond acceptors (Lipinski definition) is 4. The van der Waals surface area contributed by atoms with Gasteiger partial charge in [-0.3, -0.25) is 0 Å². The standard InChI is InChI=1S/C5H6O4.ClH/c6-3-1-5(8)9-2-4(3)7;/h1-2,5-8H;1H. The molecule has 0 bridgehead atoms. The van der Waals surface area contributed by atoms with Crippen molar-refractivity contribution in [2.75, 3.05) is 0 Å². The van der Waals surface area contributed by atoms with E-state index in [9.17, 15) is 0 Å². The first-order valence-corrected chi connectivity index (χ1v) is 2.34. The lowest BCUT2D eigenvalue weighted by Gasteiger charge is -2.11. The molecule has 0 spiro atoms. The summed E-state index contributed by atoms with van der Waals surface area (Å²) in [5.41, 5.74) is 0. The Kier molecular flexibility index (Phi) is 3.05. The van der Waals surface area contributed by atoms with Crippen LogP contribution in [0.5, 0.6) is 0 Å². The zero-order chi connectivity index (χ0) is 6.85. The van der Waals surface area contributed by atoms with Crippen LogP contribution in [0.15, 0.2) is 23.9 Å². The second kappa shape index (κ2) is 3.34. The summed E-state index contributed by atoms with van der Waals surface area (Å²) in [5.74, 6) is -0.742. The molecule has 0 amide bonds. The van der Waals surface area contributed by atoms with Crippen LogP contribution in [0.1, 0.15) is 0 Å². The lowest BCUT2D eigenvalue weighted by Crippen LogP contribution is -2.11. The highest BCUT2D eigenvalue weighted by molar-refractivity contribution is 5.85. The fourth-order valence-electron chi connectivity index (χ4n) is 0.454. The van der Waals surface area contributed by atoms with Crippen molar-refractivity contribution >= 4 is 12.4 Å². The smallest absolute Gasteiger partial charge is 0.220 e. The number of hydrogen-bond donors (Lipinski definition) is 3. The highest BCUT2D eigenvalue weighted by Gasteiger charge is 2.11. The zero-order valence-corrected chi connectivity index (χ0v) is 5.71. The van der Waals surface area contributed by atoms with E-state index < -0.39 is 6.29 Å². The van der Waals surface area contributed by atoms with Crippen molar-refractivity contribution in [1.29, 1.82) is 0 Å². The van der Waals surface area contributed by atoms with E-state index in [1.54, 1.807) is 0 Å². The van der Waals surface area contributed by atoms with Crippen LogP contribution in [-0.2, 0) is 4.74 Å². The third-order valence-electron chi connectivity index (χ3n) is 0.882. The van der Waals surface area contributed by atoms with Gasteiger partial charge in [-0.15, -0.1) is 12.4 Å². The topological polar surface area (TPSA) is 69.9 Å². The molecule has 0 saturated heterocycles. The van der Waals surface area contributed by atoms with Gasteiger partial charge in [0.05, 0.1) is 0 Å². The van der Waals surface area contributed by atoms with Gasteiger partial charge in [0.15, 0.2) is 11.5 Å². The van der Waals surface area contributed by atoms with E-state index in [2.05, 4.69) is 4.74 Å². The van der Waals surface area contributed by atoms with Crippen molar-refractivity contribution in [1.82, 2.24) is 0 Å². The molecule has 4 nitrogen and oxygen atoms in total. The Balaban J connectivity index is 0.000000810. The Morgan fingerprint density at radius 1 is 1.30 bits per heavy atom. The van der Waals surface area contributed by atoms with Gasteiger partial charge in [0.2, 0.25) is 6.29 Å². The predicted octanol–water partition coefficient (Wildman–Crippen LogP) is 0.598. The highest BCUT2D eigenvalue weighted by Crippen LogP contribution is 2.10. The van der Waals surface area contributed by atoms with Gasteiger partial charge in [0, 0.05) is 6.08 Å². The summed E-state index contributed by atoms with van der Waals surface area (Å²) in [6, 6.07) is 0. The summed E-state index contributed by atoms with van der Waals surface area (Å²) in [4.78, 5) is 0. The van der Waals surface area contributed by atoms with E-state index in [-0.39, 0.29) is 23.9 Å². The third kappa shape index (κ3) is 1.82. The number of aliphatic hydroxyl groups excluding tert-OH is 3. The minimum Gasteiger partial charge on any atom is -0.504 e. The molecule has 0 radical (unpaired) electrons. The molecule has 0 aromatic carbocycles. The van der Waals surface area contributed by atoms with Gasteiger partial charge in [-0.1, -0.05) is 0 Å². The van der Waals surface area contributed by atoms with Gasteiger partial charge >= 0.3 is 0 Å². The molecule has 5 heteroatoms. The van der Waals surface area contributed by atoms with Crippen LogP contribution >= 0.6 is 12.4 Å². The summed E-state index contributed by atoms with van der Waals surface area (Å²) in [7, 11) is 0. The number of ether oxygens (including phenoxy) is 1. The third-order valence-corrected chi connectivity index (χ3v) is 0.882. The number of halogens is 1. The average Bonchev–Trinajstić information content (AvgIpc) is 1.80. The molecule has 1 unspecified atom stereocenters. The molecule has 1 aliphatic heterocycles. The fraction of sp³-hybridized carbons (Fsp3) is 0.200. The Labute approximate surface area is 63.5 Å². The lowest BCUT2D eigenvalue weighted by atomic mass is 10.3. The number of rotatable bonds is 0. The van der Waals surface area contributed by atoms with Crippen molar-refractivity contribution in [3.05, 3.63) is 23.9 Å². The summed E-state index contributed by atoms with van der Waals surface area (Å²) in [6.07, 6.45) is 0.705. The minimum absolute atomic E-state index is 0. The largest absolute Gasteiger partial charge is 0.504 e. The molecule has 0 aromatic heterocycles. The molecule has 0 aliphatic carbocycles. The van der Waals surface area contributed by atoms with E-state index in [1.807, 2.05) is 0 Å². The van der Waals surface area contributed by atoms with Crippen LogP contribution in [-0.4, -0.2) is 21.6 Å². The lowest BCUT2D eigenvalue weighted by molar-refractivity contribution is -0.0229. The Morgan fingerprint density at radius 3 is 2.30 bits per heavy atom. The summed E-state index contributed by atoms with van der Waals surface area (Å²) in [6.45, 7) is 0. The van der Waals surface area contributed by atoms with Crippen LogP contribution in [0.25, 0.3) is 0 Å². The maximum absolute atomic E-state index is 8.65. The molecule has 10 heavy (non-hydrogen) atoms. The van der Waals surface area contributed by atoms with E-state index >= 15 is 0 Å². The second-order valence-corrected chi connectivity index (χ2v) is 1.58. The molecule has 3 N–H and O–H groups in total. The first kappa shape index (κ1) is 9.13. The molecule has 1 aliphatic rings. The maximum atomic E-state index is 8.65. The summed E-state index contributed by atoms with van der Waals surface area (Å²) >= 11 is 0. The molecule has 0 aromatic rings. The van der Waals surface area contributed by atoms with Crippen molar-refractivity contribution in [2.24, 2.45) is 0 Å². The monoisotopic (exact) mass is 166 g/mol. The molecule has 1 atom stereocenters. The highest BCUT2D eigenvalue weighted by atomic mass is 35.5. The van der Waals surface area contributed by atoms with E-state index in [1.165, 1.54) is 0 Å². The zero-order valence-electron chi connectivity index (χ0n) is 4.89. The van der Waals surface area contributed by atoms with Gasteiger partial charge in [0.1, 0.15) is 6.26 Å². The van der Waals surface area contributed by atoms with Crippen molar-refractivity contribution in [3.8, 4) is 0 Å². The summed E-state index contributed by atoms with van der Waals surface area (Å²) < 4.78 is 4.37. The van der Waals surface area contributed by atoms with Crippen LogP contribution in [0.3, 0.4) is 0 Å². The second-order valence-electron chi connectivity index (χ2n) is 1.58. The fourth-order valence-corrected chi connectivity index (χ4v) is 0.454. The van der Waals surface area contributed by atoms with Crippen LogP contribution in [0.2, 0.25) is 0 Å². The molecule has 58 valence electrons. The van der Waals surface area contributed by atoms with Crippen LogP contribution in [0.4, 0.5) is 0 Å². The van der Waals surface area contributed by atoms with Crippen molar-refractivity contribution < 1.29 is 20.1 Å². The molecule has 0 saturated carbocycles. The van der Waals surface area contributed by atoms with Crippen molar-refractivity contribution in [2.45, 2.75) is 6.29 Å². The number of aliphatic hydroxyl groups is 3. The average molecular weight is 167 g/mol. The molecule has 1 rings (SSSR count). The molecular formula is C5H7ClO4. The SMILES string of the molecule is Cl.OC1=COC(O)C=C1O. The molecular weight excluding hydrogens is 160 g/mol. The first-order chi connectivity index (χ1) is 4.20. The van der Waals surface area contributed by atoms with Gasteiger partial charge in [-0.2, -0.15) is 0 Å². The van der Waals surface area contributed by atoms with Gasteiger partial charge in [-0.25, -0.2) is 0 Å². The Morgan fingerprint density at radius 2 is 1.90 bits per heavy atom. The van der Waals surface area contributed by atoms with Crippen molar-refractivity contribution in [3.63, 3.8) is 0 Å². The van der Waals surface area contributed by atoms with E-state index in [0.717, 1.165) is 12.3 Å². The van der Waals surface area contributed by atoms with Gasteiger partial charge in [0.25, 0.3) is 0 Å².